The zero-order valence-electron chi connectivity index (χ0n) is 18.6. The van der Waals surface area contributed by atoms with E-state index in [1.165, 1.54) is 17.7 Å². The molecule has 0 radical (unpaired) electrons. The first-order valence-corrected chi connectivity index (χ1v) is 10.7. The molecule has 0 aromatic heterocycles. The molecule has 172 valence electrons. The van der Waals surface area contributed by atoms with E-state index < -0.39 is 23.6 Å². The molecule has 0 saturated carbocycles. The van der Waals surface area contributed by atoms with E-state index in [-0.39, 0.29) is 13.0 Å². The summed E-state index contributed by atoms with van der Waals surface area (Å²) < 4.78 is 33.0. The minimum absolute atomic E-state index is 0.0279. The molecule has 0 bridgehead atoms. The summed E-state index contributed by atoms with van der Waals surface area (Å²) in [5, 5.41) is 9.20. The van der Waals surface area contributed by atoms with Gasteiger partial charge in [0.25, 0.3) is 0 Å². The van der Waals surface area contributed by atoms with Crippen LogP contribution in [0.1, 0.15) is 48.4 Å². The van der Waals surface area contributed by atoms with Crippen LogP contribution >= 0.6 is 0 Å². The fourth-order valence-electron chi connectivity index (χ4n) is 3.45. The van der Waals surface area contributed by atoms with Crippen molar-refractivity contribution in [3.63, 3.8) is 0 Å². The Morgan fingerprint density at radius 3 is 2.27 bits per heavy atom. The van der Waals surface area contributed by atoms with Crippen LogP contribution in [0.3, 0.4) is 0 Å². The Kier molecular flexibility index (Phi) is 7.96. The monoisotopic (exact) mass is 451 g/mol. The SMILES string of the molecule is CC(C)c1ccc(C(=CCC(N)C(=O)O)c2ccccc2OCc2cc(F)cc(F)c2)cc1. The molecule has 1 atom stereocenters. The molecule has 1 unspecified atom stereocenters. The summed E-state index contributed by atoms with van der Waals surface area (Å²) in [4.78, 5) is 11.2. The smallest absolute Gasteiger partial charge is 0.320 e. The largest absolute Gasteiger partial charge is 0.488 e. The van der Waals surface area contributed by atoms with Gasteiger partial charge in [-0.3, -0.25) is 4.79 Å². The van der Waals surface area contributed by atoms with E-state index in [2.05, 4.69) is 13.8 Å². The van der Waals surface area contributed by atoms with Gasteiger partial charge in [-0.25, -0.2) is 8.78 Å². The Hall–Kier alpha value is -3.51. The van der Waals surface area contributed by atoms with Gasteiger partial charge in [0, 0.05) is 11.6 Å². The van der Waals surface area contributed by atoms with E-state index in [1.807, 2.05) is 36.4 Å². The molecule has 0 fully saturated rings. The molecule has 0 heterocycles. The summed E-state index contributed by atoms with van der Waals surface area (Å²) in [5.74, 6) is -1.55. The topological polar surface area (TPSA) is 72.6 Å². The summed E-state index contributed by atoms with van der Waals surface area (Å²) in [7, 11) is 0. The predicted molar refractivity (Wildman–Crippen MR) is 125 cm³/mol. The quantitative estimate of drug-likeness (QED) is 0.425. The maximum atomic E-state index is 13.5. The second-order valence-electron chi connectivity index (χ2n) is 8.14. The number of rotatable bonds is 9. The van der Waals surface area contributed by atoms with E-state index in [0.29, 0.717) is 17.2 Å². The number of carboxylic acids is 1. The third-order valence-electron chi connectivity index (χ3n) is 5.28. The van der Waals surface area contributed by atoms with Gasteiger partial charge in [0.15, 0.2) is 0 Å². The first-order chi connectivity index (χ1) is 15.7. The molecule has 0 spiro atoms. The number of carboxylic acid groups (broad SMARTS) is 1. The van der Waals surface area contributed by atoms with Crippen LogP contribution in [0.2, 0.25) is 0 Å². The number of benzene rings is 3. The molecule has 0 amide bonds. The van der Waals surface area contributed by atoms with E-state index in [9.17, 15) is 18.7 Å². The molecule has 0 aliphatic heterocycles. The van der Waals surface area contributed by atoms with Crippen molar-refractivity contribution >= 4 is 11.5 Å². The molecule has 0 aliphatic rings. The van der Waals surface area contributed by atoms with Crippen LogP contribution in [0.5, 0.6) is 5.75 Å². The van der Waals surface area contributed by atoms with Gasteiger partial charge in [-0.05, 0) is 52.8 Å². The van der Waals surface area contributed by atoms with Gasteiger partial charge in [0.2, 0.25) is 0 Å². The van der Waals surface area contributed by atoms with Gasteiger partial charge in [-0.2, -0.15) is 0 Å². The van der Waals surface area contributed by atoms with Crippen molar-refractivity contribution in [2.24, 2.45) is 5.73 Å². The van der Waals surface area contributed by atoms with Crippen molar-refractivity contribution in [2.45, 2.75) is 38.8 Å². The highest BCUT2D eigenvalue weighted by Gasteiger charge is 2.15. The average Bonchev–Trinajstić information content (AvgIpc) is 2.78. The van der Waals surface area contributed by atoms with Crippen molar-refractivity contribution in [2.75, 3.05) is 0 Å². The van der Waals surface area contributed by atoms with Gasteiger partial charge < -0.3 is 15.6 Å². The van der Waals surface area contributed by atoms with E-state index in [4.69, 9.17) is 10.5 Å². The summed E-state index contributed by atoms with van der Waals surface area (Å²) >= 11 is 0. The lowest BCUT2D eigenvalue weighted by Gasteiger charge is -2.16. The molecular weight excluding hydrogens is 424 g/mol. The van der Waals surface area contributed by atoms with E-state index in [0.717, 1.165) is 22.8 Å². The van der Waals surface area contributed by atoms with E-state index >= 15 is 0 Å². The van der Waals surface area contributed by atoms with E-state index in [1.54, 1.807) is 18.2 Å². The van der Waals surface area contributed by atoms with Gasteiger partial charge in [-0.15, -0.1) is 0 Å². The maximum Gasteiger partial charge on any atom is 0.320 e. The summed E-state index contributed by atoms with van der Waals surface area (Å²) in [6.07, 6.45) is 1.91. The number of para-hydroxylation sites is 1. The Bertz CT molecular complexity index is 1120. The lowest BCUT2D eigenvalue weighted by atomic mass is 9.93. The first-order valence-electron chi connectivity index (χ1n) is 10.7. The lowest BCUT2D eigenvalue weighted by molar-refractivity contribution is -0.138. The van der Waals surface area contributed by atoms with Crippen LogP contribution in [-0.2, 0) is 11.4 Å². The minimum atomic E-state index is -1.08. The average molecular weight is 452 g/mol. The number of ether oxygens (including phenoxy) is 1. The number of hydrogen-bond acceptors (Lipinski definition) is 3. The Morgan fingerprint density at radius 1 is 1.03 bits per heavy atom. The van der Waals surface area contributed by atoms with Crippen molar-refractivity contribution in [3.05, 3.63) is 107 Å². The highest BCUT2D eigenvalue weighted by atomic mass is 19.1. The fraction of sp³-hybridized carbons (Fsp3) is 0.222. The zero-order chi connectivity index (χ0) is 24.0. The molecule has 4 nitrogen and oxygen atoms in total. The zero-order valence-corrected chi connectivity index (χ0v) is 18.6. The molecular formula is C27H27F2NO3. The van der Waals surface area contributed by atoms with Crippen LogP contribution in [0.25, 0.3) is 5.57 Å². The molecule has 3 N–H and O–H groups in total. The number of nitrogens with two attached hydrogens (primary N) is 1. The van der Waals surface area contributed by atoms with Crippen LogP contribution in [-0.4, -0.2) is 17.1 Å². The first kappa shape index (κ1) is 24.1. The van der Waals surface area contributed by atoms with Crippen LogP contribution in [0.15, 0.2) is 72.8 Å². The van der Waals surface area contributed by atoms with Crippen molar-refractivity contribution < 1.29 is 23.4 Å². The number of aliphatic carboxylic acids is 1. The minimum Gasteiger partial charge on any atom is -0.488 e. The predicted octanol–water partition coefficient (Wildman–Crippen LogP) is 5.90. The Labute approximate surface area is 192 Å². The Morgan fingerprint density at radius 2 is 1.67 bits per heavy atom. The summed E-state index contributed by atoms with van der Waals surface area (Å²) in [5.41, 5.74) is 9.65. The number of hydrogen-bond donors (Lipinski definition) is 2. The van der Waals surface area contributed by atoms with Gasteiger partial charge in [0.1, 0.15) is 30.0 Å². The third kappa shape index (κ3) is 6.49. The van der Waals surface area contributed by atoms with Crippen LogP contribution < -0.4 is 10.5 Å². The molecule has 3 aromatic carbocycles. The van der Waals surface area contributed by atoms with Crippen LogP contribution in [0, 0.1) is 11.6 Å². The highest BCUT2D eigenvalue weighted by molar-refractivity contribution is 5.83. The van der Waals surface area contributed by atoms with Crippen molar-refractivity contribution in [1.82, 2.24) is 0 Å². The highest BCUT2D eigenvalue weighted by Crippen LogP contribution is 2.33. The van der Waals surface area contributed by atoms with Gasteiger partial charge in [0.05, 0.1) is 0 Å². The third-order valence-corrected chi connectivity index (χ3v) is 5.28. The second-order valence-corrected chi connectivity index (χ2v) is 8.14. The molecule has 3 rings (SSSR count). The molecule has 6 heteroatoms. The molecule has 33 heavy (non-hydrogen) atoms. The summed E-state index contributed by atoms with van der Waals surface area (Å²) in [6, 6.07) is 17.5. The normalized spacial score (nSPS) is 12.6. The number of carbonyl (C=O) groups is 1. The lowest BCUT2D eigenvalue weighted by Crippen LogP contribution is -2.29. The van der Waals surface area contributed by atoms with Crippen molar-refractivity contribution in [1.29, 1.82) is 0 Å². The number of halogens is 2. The van der Waals surface area contributed by atoms with Gasteiger partial charge >= 0.3 is 5.97 Å². The molecule has 3 aromatic rings. The fourth-order valence-corrected chi connectivity index (χ4v) is 3.45. The van der Waals surface area contributed by atoms with Gasteiger partial charge in [-0.1, -0.05) is 62.4 Å². The summed E-state index contributed by atoms with van der Waals surface area (Å²) in [6.45, 7) is 4.19. The standard InChI is InChI=1S/C27H27F2NO3/c1-17(2)19-7-9-20(10-8-19)23(11-12-25(30)27(31)32)24-5-3-4-6-26(24)33-16-18-13-21(28)15-22(29)14-18/h3-11,13-15,17,25H,12,16,30H2,1-2H3,(H,31,32). The molecule has 0 saturated heterocycles. The van der Waals surface area contributed by atoms with Crippen LogP contribution in [0.4, 0.5) is 8.78 Å². The molecule has 0 aliphatic carbocycles. The Balaban J connectivity index is 1.97. The second kappa shape index (κ2) is 10.9. The maximum absolute atomic E-state index is 13.5. The van der Waals surface area contributed by atoms with Crippen molar-refractivity contribution in [3.8, 4) is 5.75 Å².